The van der Waals surface area contributed by atoms with Crippen LogP contribution in [-0.2, 0) is 22.6 Å². The molecule has 2 aromatic carbocycles. The maximum atomic E-state index is 14.1. The van der Waals surface area contributed by atoms with Gasteiger partial charge in [0.05, 0.1) is 18.7 Å². The molecule has 1 amide bonds. The molecule has 0 saturated heterocycles. The van der Waals surface area contributed by atoms with Crippen molar-refractivity contribution in [3.05, 3.63) is 69.7 Å². The molecule has 0 aliphatic heterocycles. The van der Waals surface area contributed by atoms with Gasteiger partial charge in [-0.3, -0.25) is 19.3 Å². The third-order valence-electron chi connectivity index (χ3n) is 9.04. The Morgan fingerprint density at radius 3 is 2.45 bits per heavy atom. The molecular formula is C33H39N3O8. The quantitative estimate of drug-likeness (QED) is 0.245. The van der Waals surface area contributed by atoms with Crippen LogP contribution < -0.4 is 15.8 Å². The molecule has 5 rings (SSSR count). The number of likely N-dealkylation sites (N-methyl/N-ethyl adjacent to an activating group) is 1. The highest BCUT2D eigenvalue weighted by molar-refractivity contribution is 6.25. The third kappa shape index (κ3) is 4.75. The maximum Gasteiger partial charge on any atom is 0.255 e. The maximum absolute atomic E-state index is 14.1. The van der Waals surface area contributed by atoms with Gasteiger partial charge in [0, 0.05) is 23.6 Å². The summed E-state index contributed by atoms with van der Waals surface area (Å²) in [6, 6.07) is 7.84. The Morgan fingerprint density at radius 2 is 1.84 bits per heavy atom. The summed E-state index contributed by atoms with van der Waals surface area (Å²) in [4.78, 5) is 41.3. The summed E-state index contributed by atoms with van der Waals surface area (Å²) >= 11 is 0. The average molecular weight is 606 g/mol. The van der Waals surface area contributed by atoms with Crippen LogP contribution in [-0.4, -0.2) is 82.2 Å². The number of rotatable bonds is 8. The molecule has 44 heavy (non-hydrogen) atoms. The van der Waals surface area contributed by atoms with Crippen molar-refractivity contribution in [2.75, 3.05) is 27.7 Å². The van der Waals surface area contributed by atoms with Gasteiger partial charge in [-0.2, -0.15) is 0 Å². The summed E-state index contributed by atoms with van der Waals surface area (Å²) in [5.41, 5.74) is 4.55. The fourth-order valence-electron chi connectivity index (χ4n) is 7.08. The number of nitrogens with two attached hydrogens (primary N) is 1. The van der Waals surface area contributed by atoms with Crippen LogP contribution in [0.1, 0.15) is 41.8 Å². The molecule has 7 N–H and O–H groups in total. The van der Waals surface area contributed by atoms with Crippen molar-refractivity contribution in [1.82, 2.24) is 10.2 Å². The Labute approximate surface area is 255 Å². The van der Waals surface area contributed by atoms with E-state index in [1.165, 1.54) is 11.0 Å². The molecule has 3 aliphatic carbocycles. The number of carbonyl (C=O) groups excluding carboxylic acids is 3. The minimum absolute atomic E-state index is 0.0111. The standard InChI is InChI=1S/C33H39N3O8/c1-15(2)13-35-14-16-6-9-23(44-5)19(10-16)18-7-8-22(37)25-20(18)11-17-12-21-27(36(3)4)29(39)26(32(34)42)31(41)33(21,43)30(40)24(17)28(25)38/h6-10,15,17,21,27,35,37,39-40,43H,11-14H2,1-5H3,(H2,34,42). The molecule has 0 heterocycles. The van der Waals surface area contributed by atoms with Gasteiger partial charge in [0.2, 0.25) is 5.78 Å². The zero-order valence-electron chi connectivity index (χ0n) is 25.5. The fourth-order valence-corrected chi connectivity index (χ4v) is 7.08. The second-order valence-corrected chi connectivity index (χ2v) is 12.5. The number of aromatic hydroxyl groups is 1. The number of benzene rings is 2. The van der Waals surface area contributed by atoms with E-state index in [9.17, 15) is 34.8 Å². The van der Waals surface area contributed by atoms with Crippen LogP contribution >= 0.6 is 0 Å². The lowest BCUT2D eigenvalue weighted by molar-refractivity contribution is -0.148. The fraction of sp³-hybridized carbons (Fsp3) is 0.424. The van der Waals surface area contributed by atoms with Gasteiger partial charge in [-0.05, 0) is 80.2 Å². The minimum Gasteiger partial charge on any atom is -0.510 e. The van der Waals surface area contributed by atoms with E-state index in [1.54, 1.807) is 27.3 Å². The van der Waals surface area contributed by atoms with Gasteiger partial charge in [-0.25, -0.2) is 0 Å². The van der Waals surface area contributed by atoms with Crippen molar-refractivity contribution >= 4 is 17.5 Å². The molecule has 0 saturated carbocycles. The van der Waals surface area contributed by atoms with Gasteiger partial charge in [0.1, 0.15) is 28.6 Å². The van der Waals surface area contributed by atoms with Crippen LogP contribution in [0.2, 0.25) is 0 Å². The molecular weight excluding hydrogens is 566 g/mol. The number of nitrogens with zero attached hydrogens (tertiary/aromatic N) is 1. The van der Waals surface area contributed by atoms with E-state index in [-0.39, 0.29) is 29.7 Å². The second kappa shape index (κ2) is 11.4. The summed E-state index contributed by atoms with van der Waals surface area (Å²) in [7, 11) is 4.74. The van der Waals surface area contributed by atoms with E-state index in [4.69, 9.17) is 10.5 Å². The normalized spacial score (nSPS) is 24.9. The highest BCUT2D eigenvalue weighted by atomic mass is 16.5. The SMILES string of the molecule is COc1ccc(CNCC(C)C)cc1-c1ccc(O)c2c1CC1CC3C(N(C)C)C(O)=C(C(N)=O)C(=O)C3(O)C(O)=C1C2=O. The number of hydrogen-bond donors (Lipinski definition) is 6. The number of carbonyl (C=O) groups is 3. The van der Waals surface area contributed by atoms with E-state index < -0.39 is 58.0 Å². The summed E-state index contributed by atoms with van der Waals surface area (Å²) in [5, 5.41) is 48.7. The summed E-state index contributed by atoms with van der Waals surface area (Å²) in [6.07, 6.45) is 0.189. The Hall–Kier alpha value is -4.19. The van der Waals surface area contributed by atoms with Gasteiger partial charge in [0.25, 0.3) is 5.91 Å². The van der Waals surface area contributed by atoms with E-state index in [0.29, 0.717) is 29.3 Å². The van der Waals surface area contributed by atoms with Gasteiger partial charge < -0.3 is 36.2 Å². The third-order valence-corrected chi connectivity index (χ3v) is 9.04. The van der Waals surface area contributed by atoms with Crippen molar-refractivity contribution in [3.8, 4) is 22.6 Å². The number of amides is 1. The number of phenolic OH excluding ortho intramolecular Hbond substituents is 1. The summed E-state index contributed by atoms with van der Waals surface area (Å²) < 4.78 is 5.68. The summed E-state index contributed by atoms with van der Waals surface area (Å²) in [5.74, 6) is -5.80. The van der Waals surface area contributed by atoms with Crippen molar-refractivity contribution in [2.45, 2.75) is 44.9 Å². The molecule has 0 fully saturated rings. The van der Waals surface area contributed by atoms with Crippen LogP contribution in [0.25, 0.3) is 11.1 Å². The lowest BCUT2D eigenvalue weighted by Crippen LogP contribution is -2.63. The number of aliphatic hydroxyl groups is 3. The molecule has 0 radical (unpaired) electrons. The van der Waals surface area contributed by atoms with Gasteiger partial charge in [-0.1, -0.05) is 26.0 Å². The largest absolute Gasteiger partial charge is 0.510 e. The van der Waals surface area contributed by atoms with Crippen molar-refractivity contribution in [3.63, 3.8) is 0 Å². The van der Waals surface area contributed by atoms with Crippen LogP contribution in [0, 0.1) is 17.8 Å². The number of allylic oxidation sites excluding steroid dienone is 1. The van der Waals surface area contributed by atoms with Crippen molar-refractivity contribution in [1.29, 1.82) is 0 Å². The molecule has 0 spiro atoms. The molecule has 11 nitrogen and oxygen atoms in total. The average Bonchev–Trinajstić information content (AvgIpc) is 2.94. The lowest BCUT2D eigenvalue weighted by Gasteiger charge is -2.50. The van der Waals surface area contributed by atoms with Crippen LogP contribution in [0.5, 0.6) is 11.5 Å². The van der Waals surface area contributed by atoms with Crippen LogP contribution in [0.4, 0.5) is 0 Å². The first-order valence-electron chi connectivity index (χ1n) is 14.6. The number of aliphatic hydroxyl groups excluding tert-OH is 2. The zero-order valence-corrected chi connectivity index (χ0v) is 25.5. The number of ketones is 2. The molecule has 4 unspecified atom stereocenters. The Kier molecular flexibility index (Phi) is 8.08. The van der Waals surface area contributed by atoms with Gasteiger partial charge >= 0.3 is 0 Å². The number of primary amides is 1. The Morgan fingerprint density at radius 1 is 1.14 bits per heavy atom. The van der Waals surface area contributed by atoms with Gasteiger partial charge in [0.15, 0.2) is 11.4 Å². The number of Topliss-reactive ketones (excluding diaryl/α,β-unsaturated/α-hetero) is 2. The molecule has 3 aliphatic rings. The highest BCUT2D eigenvalue weighted by Crippen LogP contribution is 2.53. The molecule has 234 valence electrons. The number of fused-ring (bicyclic) bond motifs is 3. The first kappa shape index (κ1) is 31.2. The van der Waals surface area contributed by atoms with Crippen molar-refractivity contribution in [2.24, 2.45) is 23.5 Å². The molecule has 0 bridgehead atoms. The number of hydrogen-bond acceptors (Lipinski definition) is 10. The number of phenols is 1. The van der Waals surface area contributed by atoms with Crippen LogP contribution in [0.15, 0.2) is 53.0 Å². The predicted molar refractivity (Wildman–Crippen MR) is 162 cm³/mol. The monoisotopic (exact) mass is 605 g/mol. The van der Waals surface area contributed by atoms with Gasteiger partial charge in [-0.15, -0.1) is 0 Å². The highest BCUT2D eigenvalue weighted by Gasteiger charge is 2.63. The van der Waals surface area contributed by atoms with Crippen molar-refractivity contribution < 1.29 is 39.5 Å². The van der Waals surface area contributed by atoms with E-state index in [2.05, 4.69) is 19.2 Å². The number of methoxy groups -OCH3 is 1. The number of ether oxygens (including phenoxy) is 1. The smallest absolute Gasteiger partial charge is 0.255 e. The Balaban J connectivity index is 1.66. The first-order valence-corrected chi connectivity index (χ1v) is 14.6. The Bertz CT molecular complexity index is 1620. The molecule has 0 aromatic heterocycles. The molecule has 2 aromatic rings. The molecule has 4 atom stereocenters. The predicted octanol–water partition coefficient (Wildman–Crippen LogP) is 2.54. The van der Waals surface area contributed by atoms with E-state index in [0.717, 1.165) is 17.7 Å². The van der Waals surface area contributed by atoms with E-state index in [1.807, 2.05) is 18.2 Å². The topological polar surface area (TPSA) is 183 Å². The van der Waals surface area contributed by atoms with E-state index >= 15 is 0 Å². The first-order chi connectivity index (χ1) is 20.7. The lowest BCUT2D eigenvalue weighted by atomic mass is 9.58. The second-order valence-electron chi connectivity index (χ2n) is 12.5. The summed E-state index contributed by atoms with van der Waals surface area (Å²) in [6.45, 7) is 5.69. The minimum atomic E-state index is -2.68. The number of nitrogens with one attached hydrogen (secondary N) is 1. The van der Waals surface area contributed by atoms with Crippen LogP contribution in [0.3, 0.4) is 0 Å². The zero-order chi connectivity index (χ0) is 32.2. The molecule has 11 heteroatoms.